The summed E-state index contributed by atoms with van der Waals surface area (Å²) < 4.78 is 2.97. The minimum atomic E-state index is -0.141. The first-order chi connectivity index (χ1) is 13.8. The number of nitrogens with zero attached hydrogens (tertiary/aromatic N) is 4. The molecule has 0 saturated heterocycles. The Morgan fingerprint density at radius 2 is 1.68 bits per heavy atom. The Morgan fingerprint density at radius 1 is 0.929 bits per heavy atom. The number of carbonyl (C=O) groups is 1. The van der Waals surface area contributed by atoms with Gasteiger partial charge in [0, 0.05) is 18.0 Å². The van der Waals surface area contributed by atoms with E-state index in [1.165, 1.54) is 11.3 Å². The van der Waals surface area contributed by atoms with E-state index in [-0.39, 0.29) is 12.5 Å². The van der Waals surface area contributed by atoms with Gasteiger partial charge in [0.15, 0.2) is 5.13 Å². The fourth-order valence-electron chi connectivity index (χ4n) is 3.19. The second-order valence-corrected chi connectivity index (χ2v) is 7.31. The van der Waals surface area contributed by atoms with Gasteiger partial charge in [0.2, 0.25) is 5.91 Å². The molecule has 0 aliphatic rings. The second-order valence-electron chi connectivity index (χ2n) is 6.28. The van der Waals surface area contributed by atoms with Crippen molar-refractivity contribution in [3.05, 3.63) is 73.1 Å². The van der Waals surface area contributed by atoms with Gasteiger partial charge in [0.1, 0.15) is 12.4 Å². The molecule has 0 spiro atoms. The third-order valence-corrected chi connectivity index (χ3v) is 5.39. The maximum absolute atomic E-state index is 12.8. The predicted octanol–water partition coefficient (Wildman–Crippen LogP) is 4.35. The number of nitrogens with one attached hydrogen (secondary N) is 1. The Bertz CT molecular complexity index is 1260. The number of imidazole rings is 1. The van der Waals surface area contributed by atoms with Gasteiger partial charge in [-0.1, -0.05) is 35.6 Å². The van der Waals surface area contributed by atoms with Crippen LogP contribution < -0.4 is 5.32 Å². The van der Waals surface area contributed by atoms with Crippen LogP contribution in [0.15, 0.2) is 73.1 Å². The monoisotopic (exact) mass is 385 g/mol. The number of amides is 1. The molecule has 1 amide bonds. The van der Waals surface area contributed by atoms with Crippen molar-refractivity contribution in [1.29, 1.82) is 0 Å². The molecule has 5 rings (SSSR count). The lowest BCUT2D eigenvalue weighted by Gasteiger charge is -2.09. The molecule has 0 aliphatic carbocycles. The average molecular weight is 385 g/mol. The molecule has 0 bridgehead atoms. The molecule has 0 aliphatic heterocycles. The molecule has 0 atom stereocenters. The van der Waals surface area contributed by atoms with Gasteiger partial charge in [-0.3, -0.25) is 9.78 Å². The van der Waals surface area contributed by atoms with Gasteiger partial charge in [-0.15, -0.1) is 0 Å². The Labute approximate surface area is 164 Å². The highest BCUT2D eigenvalue weighted by Crippen LogP contribution is 2.27. The lowest BCUT2D eigenvalue weighted by Crippen LogP contribution is -2.19. The van der Waals surface area contributed by atoms with Crippen molar-refractivity contribution >= 4 is 43.6 Å². The Balaban J connectivity index is 1.49. The van der Waals surface area contributed by atoms with Crippen molar-refractivity contribution in [3.8, 4) is 11.4 Å². The quantitative estimate of drug-likeness (QED) is 0.499. The van der Waals surface area contributed by atoms with E-state index in [4.69, 9.17) is 4.98 Å². The van der Waals surface area contributed by atoms with Crippen LogP contribution >= 0.6 is 11.3 Å². The maximum atomic E-state index is 12.8. The van der Waals surface area contributed by atoms with E-state index in [2.05, 4.69) is 15.3 Å². The van der Waals surface area contributed by atoms with Gasteiger partial charge in [-0.25, -0.2) is 9.97 Å². The first-order valence-electron chi connectivity index (χ1n) is 8.79. The third kappa shape index (κ3) is 3.01. The molecule has 6 nitrogen and oxygen atoms in total. The molecule has 28 heavy (non-hydrogen) atoms. The highest BCUT2D eigenvalue weighted by atomic mass is 32.1. The third-order valence-electron chi connectivity index (χ3n) is 4.44. The van der Waals surface area contributed by atoms with E-state index in [1.807, 2.05) is 65.2 Å². The largest absolute Gasteiger partial charge is 0.314 e. The summed E-state index contributed by atoms with van der Waals surface area (Å²) in [5, 5.41) is 3.52. The topological polar surface area (TPSA) is 72.7 Å². The zero-order valence-electron chi connectivity index (χ0n) is 14.7. The fraction of sp³-hybridized carbons (Fsp3) is 0.0476. The summed E-state index contributed by atoms with van der Waals surface area (Å²) >= 11 is 1.47. The van der Waals surface area contributed by atoms with E-state index >= 15 is 0 Å². The zero-order chi connectivity index (χ0) is 18.9. The van der Waals surface area contributed by atoms with E-state index in [9.17, 15) is 4.79 Å². The zero-order valence-corrected chi connectivity index (χ0v) is 15.6. The number of aromatic nitrogens is 4. The number of anilines is 1. The van der Waals surface area contributed by atoms with E-state index in [1.54, 1.807) is 12.4 Å². The molecular formula is C21H15N5OS. The highest BCUT2D eigenvalue weighted by Gasteiger charge is 2.16. The van der Waals surface area contributed by atoms with Crippen LogP contribution in [0.3, 0.4) is 0 Å². The van der Waals surface area contributed by atoms with Gasteiger partial charge >= 0.3 is 0 Å². The van der Waals surface area contributed by atoms with Gasteiger partial charge < -0.3 is 9.88 Å². The standard InChI is InChI=1S/C21H15N5OS/c27-19(25-21-24-16-6-2-4-8-18(16)28-21)13-26-17-7-3-1-5-15(17)23-20(26)14-9-11-22-12-10-14/h1-12H,13H2,(H,24,25,27). The number of carbonyl (C=O) groups excluding carboxylic acids is 1. The minimum absolute atomic E-state index is 0.141. The van der Waals surface area contributed by atoms with Crippen molar-refractivity contribution in [1.82, 2.24) is 19.5 Å². The van der Waals surface area contributed by atoms with E-state index in [0.717, 1.165) is 32.6 Å². The summed E-state index contributed by atoms with van der Waals surface area (Å²) in [6.45, 7) is 0.147. The highest BCUT2D eigenvalue weighted by molar-refractivity contribution is 7.22. The number of benzene rings is 2. The van der Waals surface area contributed by atoms with Crippen LogP contribution in [0.2, 0.25) is 0 Å². The molecular weight excluding hydrogens is 370 g/mol. The lowest BCUT2D eigenvalue weighted by molar-refractivity contribution is -0.116. The van der Waals surface area contributed by atoms with E-state index < -0.39 is 0 Å². The molecule has 0 radical (unpaired) electrons. The van der Waals surface area contributed by atoms with Gasteiger partial charge in [-0.2, -0.15) is 0 Å². The number of rotatable bonds is 4. The van der Waals surface area contributed by atoms with Crippen LogP contribution in [0.1, 0.15) is 0 Å². The van der Waals surface area contributed by atoms with Crippen molar-refractivity contribution in [3.63, 3.8) is 0 Å². The lowest BCUT2D eigenvalue weighted by atomic mass is 10.2. The molecule has 0 fully saturated rings. The Hall–Kier alpha value is -3.58. The van der Waals surface area contributed by atoms with Crippen LogP contribution in [0.25, 0.3) is 32.6 Å². The van der Waals surface area contributed by atoms with Crippen LogP contribution in [0, 0.1) is 0 Å². The molecule has 3 aromatic heterocycles. The van der Waals surface area contributed by atoms with Crippen molar-refractivity contribution in [2.75, 3.05) is 5.32 Å². The molecule has 0 saturated carbocycles. The molecule has 136 valence electrons. The summed E-state index contributed by atoms with van der Waals surface area (Å²) in [7, 11) is 0. The van der Waals surface area contributed by atoms with Gasteiger partial charge in [-0.05, 0) is 36.4 Å². The summed E-state index contributed by atoms with van der Waals surface area (Å²) in [5.41, 5.74) is 3.56. The number of para-hydroxylation sites is 3. The minimum Gasteiger partial charge on any atom is -0.314 e. The fourth-order valence-corrected chi connectivity index (χ4v) is 4.07. The summed E-state index contributed by atoms with van der Waals surface area (Å²) in [6, 6.07) is 19.4. The van der Waals surface area contributed by atoms with Crippen molar-refractivity contribution in [2.45, 2.75) is 6.54 Å². The van der Waals surface area contributed by atoms with Crippen molar-refractivity contribution < 1.29 is 4.79 Å². The number of fused-ring (bicyclic) bond motifs is 2. The van der Waals surface area contributed by atoms with Crippen molar-refractivity contribution in [2.24, 2.45) is 0 Å². The maximum Gasteiger partial charge on any atom is 0.246 e. The second kappa shape index (κ2) is 6.86. The van der Waals surface area contributed by atoms with Crippen LogP contribution in [-0.2, 0) is 11.3 Å². The smallest absolute Gasteiger partial charge is 0.246 e. The molecule has 3 heterocycles. The van der Waals surface area contributed by atoms with Gasteiger partial charge in [0.05, 0.1) is 21.3 Å². The first-order valence-corrected chi connectivity index (χ1v) is 9.61. The Morgan fingerprint density at radius 3 is 2.50 bits per heavy atom. The molecule has 1 N–H and O–H groups in total. The predicted molar refractivity (Wildman–Crippen MR) is 111 cm³/mol. The molecule has 2 aromatic carbocycles. The normalized spacial score (nSPS) is 11.1. The Kier molecular flexibility index (Phi) is 4.06. The van der Waals surface area contributed by atoms with Crippen LogP contribution in [0.5, 0.6) is 0 Å². The number of pyridine rings is 1. The summed E-state index contributed by atoms with van der Waals surface area (Å²) in [5.74, 6) is 0.598. The van der Waals surface area contributed by atoms with Crippen LogP contribution in [-0.4, -0.2) is 25.4 Å². The number of hydrogen-bond donors (Lipinski definition) is 1. The number of thiazole rings is 1. The number of hydrogen-bond acceptors (Lipinski definition) is 5. The first kappa shape index (κ1) is 16.6. The molecule has 7 heteroatoms. The SMILES string of the molecule is O=C(Cn1c(-c2ccncc2)nc2ccccc21)Nc1nc2ccccc2s1. The molecule has 0 unspecified atom stereocenters. The summed E-state index contributed by atoms with van der Waals surface area (Å²) in [6.07, 6.45) is 3.44. The summed E-state index contributed by atoms with van der Waals surface area (Å²) in [4.78, 5) is 26.0. The van der Waals surface area contributed by atoms with Crippen LogP contribution in [0.4, 0.5) is 5.13 Å². The van der Waals surface area contributed by atoms with Gasteiger partial charge in [0.25, 0.3) is 0 Å². The van der Waals surface area contributed by atoms with E-state index in [0.29, 0.717) is 5.13 Å². The average Bonchev–Trinajstić information content (AvgIpc) is 3.29. The molecule has 5 aromatic rings.